The molecule has 4 aromatic rings. The molecule has 35 heavy (non-hydrogen) atoms. The van der Waals surface area contributed by atoms with Crippen LogP contribution in [0.3, 0.4) is 0 Å². The van der Waals surface area contributed by atoms with Crippen molar-refractivity contribution in [2.75, 3.05) is 26.6 Å². The first-order chi connectivity index (χ1) is 17.0. The van der Waals surface area contributed by atoms with E-state index in [2.05, 4.69) is 34.6 Å². The van der Waals surface area contributed by atoms with Crippen LogP contribution < -0.4 is 19.5 Å². The molecule has 0 spiro atoms. The lowest BCUT2D eigenvalue weighted by atomic mass is 10.1. The molecule has 0 aliphatic carbocycles. The molecule has 0 saturated heterocycles. The maximum atomic E-state index is 13.1. The third-order valence-corrected chi connectivity index (χ3v) is 5.89. The number of nitrogens with zero attached hydrogens (tertiary/aromatic N) is 3. The molecule has 1 heterocycles. The summed E-state index contributed by atoms with van der Waals surface area (Å²) in [6.45, 7) is 4.11. The first kappa shape index (κ1) is 24.1. The normalized spacial score (nSPS) is 10.9. The topological polar surface area (TPSA) is 87.5 Å². The van der Waals surface area contributed by atoms with Gasteiger partial charge in [-0.25, -0.2) is 0 Å². The summed E-state index contributed by atoms with van der Waals surface area (Å²) in [7, 11) is 4.55. The van der Waals surface area contributed by atoms with E-state index in [4.69, 9.17) is 14.2 Å². The lowest BCUT2D eigenvalue weighted by molar-refractivity contribution is 0.102. The molecule has 0 bridgehead atoms. The molecule has 4 rings (SSSR count). The molecule has 1 N–H and O–H groups in total. The van der Waals surface area contributed by atoms with Crippen LogP contribution in [-0.2, 0) is 6.42 Å². The summed E-state index contributed by atoms with van der Waals surface area (Å²) in [6.07, 6.45) is 3.41. The maximum absolute atomic E-state index is 13.1. The van der Waals surface area contributed by atoms with E-state index in [1.165, 1.54) is 39.7 Å². The fourth-order valence-corrected chi connectivity index (χ4v) is 3.90. The highest BCUT2D eigenvalue weighted by atomic mass is 16.5. The van der Waals surface area contributed by atoms with Gasteiger partial charge in [-0.3, -0.25) is 4.79 Å². The third-order valence-electron chi connectivity index (χ3n) is 5.89. The van der Waals surface area contributed by atoms with E-state index < -0.39 is 0 Å². The van der Waals surface area contributed by atoms with Crippen LogP contribution in [0.2, 0.25) is 0 Å². The Kier molecular flexibility index (Phi) is 7.19. The van der Waals surface area contributed by atoms with Crippen molar-refractivity contribution in [2.24, 2.45) is 0 Å². The van der Waals surface area contributed by atoms with Gasteiger partial charge in [0.05, 0.1) is 27.0 Å². The number of anilines is 1. The zero-order chi connectivity index (χ0) is 24.9. The Hall–Kier alpha value is -4.07. The Bertz CT molecular complexity index is 1320. The van der Waals surface area contributed by atoms with E-state index in [1.807, 2.05) is 31.2 Å². The number of ether oxygens (including phenoxy) is 3. The first-order valence-corrected chi connectivity index (χ1v) is 11.6. The minimum atomic E-state index is -0.304. The second kappa shape index (κ2) is 10.5. The van der Waals surface area contributed by atoms with Crippen molar-refractivity contribution in [1.29, 1.82) is 0 Å². The minimum absolute atomic E-state index is 0.304. The van der Waals surface area contributed by atoms with Crippen LogP contribution >= 0.6 is 0 Å². The average molecular weight is 475 g/mol. The second-order valence-electron chi connectivity index (χ2n) is 8.28. The van der Waals surface area contributed by atoms with Gasteiger partial charge in [-0.2, -0.15) is 4.80 Å². The van der Waals surface area contributed by atoms with Crippen molar-refractivity contribution in [3.63, 3.8) is 0 Å². The number of aryl methyl sites for hydroxylation is 2. The molecule has 0 aliphatic heterocycles. The molecular formula is C27H30N4O4. The summed E-state index contributed by atoms with van der Waals surface area (Å²) < 4.78 is 16.1. The largest absolute Gasteiger partial charge is 0.493 e. The highest BCUT2D eigenvalue weighted by Gasteiger charge is 2.18. The minimum Gasteiger partial charge on any atom is -0.493 e. The number of nitrogens with one attached hydrogen (secondary N) is 1. The molecule has 3 aromatic carbocycles. The summed E-state index contributed by atoms with van der Waals surface area (Å²) in [6, 6.07) is 15.3. The Labute approximate surface area is 204 Å². The van der Waals surface area contributed by atoms with Crippen molar-refractivity contribution < 1.29 is 19.0 Å². The van der Waals surface area contributed by atoms with E-state index >= 15 is 0 Å². The van der Waals surface area contributed by atoms with Crippen molar-refractivity contribution in [2.45, 2.75) is 33.1 Å². The zero-order valence-electron chi connectivity index (χ0n) is 20.7. The van der Waals surface area contributed by atoms with E-state index in [9.17, 15) is 4.79 Å². The van der Waals surface area contributed by atoms with Crippen LogP contribution in [0.25, 0.3) is 16.7 Å². The molecule has 1 aromatic heterocycles. The van der Waals surface area contributed by atoms with Gasteiger partial charge in [0.2, 0.25) is 5.75 Å². The summed E-state index contributed by atoms with van der Waals surface area (Å²) in [5.41, 5.74) is 5.54. The summed E-state index contributed by atoms with van der Waals surface area (Å²) in [4.78, 5) is 14.7. The lowest BCUT2D eigenvalue weighted by Crippen LogP contribution is -2.13. The number of carbonyl (C=O) groups is 1. The summed E-state index contributed by atoms with van der Waals surface area (Å²) in [5.74, 6) is 0.946. The number of rotatable bonds is 9. The SMILES string of the molecule is CCCCc1ccc(-n2nc3cc(C)c(NC(=O)c4cc(OC)c(OC)c(OC)c4)cc3n2)cc1. The van der Waals surface area contributed by atoms with Gasteiger partial charge in [0.1, 0.15) is 11.0 Å². The average Bonchev–Trinajstić information content (AvgIpc) is 3.29. The van der Waals surface area contributed by atoms with E-state index in [0.29, 0.717) is 34.0 Å². The van der Waals surface area contributed by atoms with E-state index in [0.717, 1.165) is 23.2 Å². The van der Waals surface area contributed by atoms with Gasteiger partial charge in [-0.05, 0) is 67.3 Å². The number of amides is 1. The standard InChI is InChI=1S/C27H30N4O4/c1-6-7-8-18-9-11-20(12-10-18)31-29-22-13-17(2)21(16-23(22)30-31)28-27(32)19-14-24(33-3)26(35-5)25(15-19)34-4/h9-16H,6-8H2,1-5H3,(H,28,32). The lowest BCUT2D eigenvalue weighted by Gasteiger charge is -2.14. The van der Waals surface area contributed by atoms with Crippen LogP contribution in [-0.4, -0.2) is 42.2 Å². The predicted octanol–water partition coefficient (Wildman–Crippen LogP) is 5.35. The van der Waals surface area contributed by atoms with Crippen LogP contribution in [0.4, 0.5) is 5.69 Å². The predicted molar refractivity (Wildman–Crippen MR) is 136 cm³/mol. The van der Waals surface area contributed by atoms with Crippen molar-refractivity contribution in [3.05, 3.63) is 65.2 Å². The molecule has 0 radical (unpaired) electrons. The van der Waals surface area contributed by atoms with Gasteiger partial charge >= 0.3 is 0 Å². The molecule has 0 unspecified atom stereocenters. The van der Waals surface area contributed by atoms with Gasteiger partial charge in [0.25, 0.3) is 5.91 Å². The number of carbonyl (C=O) groups excluding carboxylic acids is 1. The fraction of sp³-hybridized carbons (Fsp3) is 0.296. The summed E-state index contributed by atoms with van der Waals surface area (Å²) in [5, 5.41) is 12.2. The zero-order valence-corrected chi connectivity index (χ0v) is 20.7. The molecule has 8 heteroatoms. The van der Waals surface area contributed by atoms with Gasteiger partial charge in [0.15, 0.2) is 11.5 Å². The van der Waals surface area contributed by atoms with Crippen molar-refractivity contribution in [3.8, 4) is 22.9 Å². The summed E-state index contributed by atoms with van der Waals surface area (Å²) >= 11 is 0. The Morgan fingerprint density at radius 3 is 2.11 bits per heavy atom. The number of aromatic nitrogens is 3. The van der Waals surface area contributed by atoms with Crippen LogP contribution in [0, 0.1) is 6.92 Å². The maximum Gasteiger partial charge on any atom is 0.255 e. The first-order valence-electron chi connectivity index (χ1n) is 11.6. The van der Waals surface area contributed by atoms with Crippen LogP contribution in [0.5, 0.6) is 17.2 Å². The number of methoxy groups -OCH3 is 3. The number of benzene rings is 3. The smallest absolute Gasteiger partial charge is 0.255 e. The molecule has 8 nitrogen and oxygen atoms in total. The highest BCUT2D eigenvalue weighted by Crippen LogP contribution is 2.38. The monoisotopic (exact) mass is 474 g/mol. The molecule has 0 saturated carbocycles. The number of hydrogen-bond donors (Lipinski definition) is 1. The molecule has 0 aliphatic rings. The van der Waals surface area contributed by atoms with E-state index in [-0.39, 0.29) is 5.91 Å². The van der Waals surface area contributed by atoms with Crippen molar-refractivity contribution in [1.82, 2.24) is 15.0 Å². The molecule has 0 fully saturated rings. The number of fused-ring (bicyclic) bond motifs is 1. The van der Waals surface area contributed by atoms with E-state index in [1.54, 1.807) is 16.9 Å². The molecule has 1 amide bonds. The fourth-order valence-electron chi connectivity index (χ4n) is 3.90. The molecule has 182 valence electrons. The van der Waals surface area contributed by atoms with Gasteiger partial charge in [0, 0.05) is 11.3 Å². The quantitative estimate of drug-likeness (QED) is 0.352. The third kappa shape index (κ3) is 5.06. The number of hydrogen-bond acceptors (Lipinski definition) is 6. The van der Waals surface area contributed by atoms with Crippen molar-refractivity contribution >= 4 is 22.6 Å². The van der Waals surface area contributed by atoms with Gasteiger partial charge < -0.3 is 19.5 Å². The Morgan fingerprint density at radius 2 is 1.54 bits per heavy atom. The van der Waals surface area contributed by atoms with Crippen LogP contribution in [0.1, 0.15) is 41.3 Å². The Balaban J connectivity index is 1.60. The van der Waals surface area contributed by atoms with Gasteiger partial charge in [-0.1, -0.05) is 25.5 Å². The Morgan fingerprint density at radius 1 is 0.914 bits per heavy atom. The molecule has 0 atom stereocenters. The van der Waals surface area contributed by atoms with Crippen LogP contribution in [0.15, 0.2) is 48.5 Å². The number of unbranched alkanes of at least 4 members (excludes halogenated alkanes) is 1. The van der Waals surface area contributed by atoms with Gasteiger partial charge in [-0.15, -0.1) is 10.2 Å². The second-order valence-corrected chi connectivity index (χ2v) is 8.28. The molecular weight excluding hydrogens is 444 g/mol. The highest BCUT2D eigenvalue weighted by molar-refractivity contribution is 6.06.